The zero-order valence-corrected chi connectivity index (χ0v) is 11.0. The van der Waals surface area contributed by atoms with E-state index in [1.807, 2.05) is 0 Å². The molecular weight excluding hydrogens is 276 g/mol. The molecule has 0 amide bonds. The summed E-state index contributed by atoms with van der Waals surface area (Å²) in [6, 6.07) is 0. The number of anilines is 1. The van der Waals surface area contributed by atoms with Crippen LogP contribution >= 0.6 is 27.3 Å². The molecule has 0 aromatic carbocycles. The lowest BCUT2D eigenvalue weighted by molar-refractivity contribution is 0.237. The lowest BCUT2D eigenvalue weighted by atomic mass is 10.1. The first-order valence-electron chi connectivity index (χ1n) is 5.30. The van der Waals surface area contributed by atoms with Crippen molar-refractivity contribution in [3.05, 3.63) is 3.92 Å². The summed E-state index contributed by atoms with van der Waals surface area (Å²) >= 11 is 4.83. The van der Waals surface area contributed by atoms with Gasteiger partial charge in [0.1, 0.15) is 0 Å². The normalized spacial score (nSPS) is 17.9. The van der Waals surface area contributed by atoms with Gasteiger partial charge in [0.2, 0.25) is 5.13 Å². The second kappa shape index (κ2) is 5.77. The first kappa shape index (κ1) is 11.3. The van der Waals surface area contributed by atoms with E-state index < -0.39 is 0 Å². The lowest BCUT2D eigenvalue weighted by Gasteiger charge is -2.26. The molecule has 84 valence electrons. The Bertz CT molecular complexity index is 298. The summed E-state index contributed by atoms with van der Waals surface area (Å²) in [7, 11) is 0. The third kappa shape index (κ3) is 3.70. The number of rotatable bonds is 4. The molecule has 0 unspecified atom stereocenters. The topological polar surface area (TPSA) is 41.1 Å². The van der Waals surface area contributed by atoms with E-state index in [9.17, 15) is 0 Å². The predicted octanol–water partition coefficient (Wildman–Crippen LogP) is 2.20. The smallest absolute Gasteiger partial charge is 0.206 e. The minimum absolute atomic E-state index is 0.836. The van der Waals surface area contributed by atoms with E-state index in [1.165, 1.54) is 43.7 Å². The Kier molecular flexibility index (Phi) is 4.34. The van der Waals surface area contributed by atoms with Gasteiger partial charge >= 0.3 is 0 Å². The summed E-state index contributed by atoms with van der Waals surface area (Å²) in [6.07, 6.45) is 4.10. The fraction of sp³-hybridized carbons (Fsp3) is 0.778. The Labute approximate surface area is 102 Å². The average Bonchev–Trinajstić information content (AvgIpc) is 2.66. The molecule has 0 radical (unpaired) electrons. The Balaban J connectivity index is 1.65. The van der Waals surface area contributed by atoms with E-state index in [0.717, 1.165) is 22.1 Å². The largest absolute Gasteiger partial charge is 0.359 e. The van der Waals surface area contributed by atoms with Gasteiger partial charge in [-0.2, -0.15) is 0 Å². The lowest BCUT2D eigenvalue weighted by Crippen LogP contribution is -2.33. The van der Waals surface area contributed by atoms with Gasteiger partial charge in [-0.05, 0) is 41.9 Å². The highest BCUT2D eigenvalue weighted by Gasteiger charge is 2.09. The Hall–Kier alpha value is -0.200. The maximum absolute atomic E-state index is 3.99. The molecule has 1 aromatic rings. The molecule has 1 N–H and O–H groups in total. The molecule has 6 heteroatoms. The fourth-order valence-electron chi connectivity index (χ4n) is 1.78. The van der Waals surface area contributed by atoms with Crippen LogP contribution in [0.2, 0.25) is 0 Å². The van der Waals surface area contributed by atoms with Crippen LogP contribution in [-0.2, 0) is 0 Å². The van der Waals surface area contributed by atoms with E-state index in [-0.39, 0.29) is 0 Å². The second-order valence-electron chi connectivity index (χ2n) is 3.69. The number of hydrogen-bond acceptors (Lipinski definition) is 5. The monoisotopic (exact) mass is 290 g/mol. The Morgan fingerprint density at radius 2 is 2.07 bits per heavy atom. The van der Waals surface area contributed by atoms with Crippen LogP contribution < -0.4 is 5.32 Å². The van der Waals surface area contributed by atoms with Crippen molar-refractivity contribution in [1.29, 1.82) is 0 Å². The molecule has 2 heterocycles. The zero-order valence-electron chi connectivity index (χ0n) is 8.58. The number of nitrogens with one attached hydrogen (secondary N) is 1. The minimum Gasteiger partial charge on any atom is -0.359 e. The first-order valence-corrected chi connectivity index (χ1v) is 6.91. The molecule has 0 spiro atoms. The average molecular weight is 291 g/mol. The van der Waals surface area contributed by atoms with Gasteiger partial charge in [0.15, 0.2) is 3.92 Å². The van der Waals surface area contributed by atoms with Crippen LogP contribution in [0, 0.1) is 0 Å². The molecule has 15 heavy (non-hydrogen) atoms. The predicted molar refractivity (Wildman–Crippen MR) is 66.4 cm³/mol. The maximum Gasteiger partial charge on any atom is 0.206 e. The summed E-state index contributed by atoms with van der Waals surface area (Å²) in [5.74, 6) is 0. The molecule has 0 saturated carbocycles. The molecule has 0 aliphatic carbocycles. The number of piperidine rings is 1. The van der Waals surface area contributed by atoms with Gasteiger partial charge in [-0.3, -0.25) is 0 Å². The van der Waals surface area contributed by atoms with Crippen molar-refractivity contribution in [2.24, 2.45) is 0 Å². The summed E-state index contributed by atoms with van der Waals surface area (Å²) in [5.41, 5.74) is 0. The molecule has 1 fully saturated rings. The van der Waals surface area contributed by atoms with E-state index >= 15 is 0 Å². The summed E-state index contributed by atoms with van der Waals surface area (Å²) in [4.78, 5) is 2.51. The van der Waals surface area contributed by atoms with Gasteiger partial charge in [-0.25, -0.2) is 0 Å². The summed E-state index contributed by atoms with van der Waals surface area (Å²) in [5, 5.41) is 12.1. The van der Waals surface area contributed by atoms with E-state index in [4.69, 9.17) is 0 Å². The van der Waals surface area contributed by atoms with Gasteiger partial charge in [-0.15, -0.1) is 10.2 Å². The number of likely N-dealkylation sites (tertiary alicyclic amines) is 1. The maximum atomic E-state index is 3.99. The van der Waals surface area contributed by atoms with Crippen LogP contribution in [0.4, 0.5) is 5.13 Å². The SMILES string of the molecule is Brc1nnc(NCCN2CCCCC2)s1. The molecule has 4 nitrogen and oxygen atoms in total. The van der Waals surface area contributed by atoms with Gasteiger partial charge < -0.3 is 10.2 Å². The van der Waals surface area contributed by atoms with Gasteiger partial charge in [0.05, 0.1) is 0 Å². The second-order valence-corrected chi connectivity index (χ2v) is 5.94. The molecular formula is C9H15BrN4S. The van der Waals surface area contributed by atoms with Crippen molar-refractivity contribution < 1.29 is 0 Å². The van der Waals surface area contributed by atoms with E-state index in [2.05, 4.69) is 36.3 Å². The van der Waals surface area contributed by atoms with Crippen molar-refractivity contribution in [1.82, 2.24) is 15.1 Å². The third-order valence-electron chi connectivity index (χ3n) is 2.55. The fourth-order valence-corrected chi connectivity index (χ4v) is 2.82. The van der Waals surface area contributed by atoms with Gasteiger partial charge in [0.25, 0.3) is 0 Å². The van der Waals surface area contributed by atoms with Crippen LogP contribution in [0.3, 0.4) is 0 Å². The Morgan fingerprint density at radius 3 is 2.73 bits per heavy atom. The molecule has 0 bridgehead atoms. The van der Waals surface area contributed by atoms with Crippen LogP contribution in [0.15, 0.2) is 3.92 Å². The van der Waals surface area contributed by atoms with Crippen molar-refractivity contribution in [2.45, 2.75) is 19.3 Å². The van der Waals surface area contributed by atoms with Crippen LogP contribution in [0.1, 0.15) is 19.3 Å². The molecule has 1 saturated heterocycles. The van der Waals surface area contributed by atoms with E-state index in [1.54, 1.807) is 0 Å². The molecule has 1 aliphatic heterocycles. The number of hydrogen-bond donors (Lipinski definition) is 1. The summed E-state index contributed by atoms with van der Waals surface area (Å²) < 4.78 is 0.836. The van der Waals surface area contributed by atoms with Crippen molar-refractivity contribution >= 4 is 32.4 Å². The number of nitrogens with zero attached hydrogens (tertiary/aromatic N) is 3. The number of aromatic nitrogens is 2. The molecule has 1 aromatic heterocycles. The van der Waals surface area contributed by atoms with Crippen molar-refractivity contribution in [3.8, 4) is 0 Å². The van der Waals surface area contributed by atoms with Gasteiger partial charge in [0, 0.05) is 13.1 Å². The quantitative estimate of drug-likeness (QED) is 0.923. The van der Waals surface area contributed by atoms with Crippen molar-refractivity contribution in [3.63, 3.8) is 0 Å². The highest BCUT2D eigenvalue weighted by Crippen LogP contribution is 2.19. The minimum atomic E-state index is 0.836. The van der Waals surface area contributed by atoms with Crippen molar-refractivity contribution in [2.75, 3.05) is 31.5 Å². The van der Waals surface area contributed by atoms with Crippen LogP contribution in [0.25, 0.3) is 0 Å². The standard InChI is InChI=1S/C9H15BrN4S/c10-8-12-13-9(15-8)11-4-7-14-5-2-1-3-6-14/h1-7H2,(H,11,13). The number of halogens is 1. The Morgan fingerprint density at radius 1 is 1.27 bits per heavy atom. The third-order valence-corrected chi connectivity index (χ3v) is 3.87. The highest BCUT2D eigenvalue weighted by molar-refractivity contribution is 9.11. The van der Waals surface area contributed by atoms with Gasteiger partial charge in [-0.1, -0.05) is 17.8 Å². The summed E-state index contributed by atoms with van der Waals surface area (Å²) in [6.45, 7) is 4.57. The zero-order chi connectivity index (χ0) is 10.5. The molecule has 1 aliphatic rings. The van der Waals surface area contributed by atoms with E-state index in [0.29, 0.717) is 0 Å². The first-order chi connectivity index (χ1) is 7.34. The molecule has 2 rings (SSSR count). The van der Waals surface area contributed by atoms with Crippen LogP contribution in [-0.4, -0.2) is 41.3 Å². The molecule has 0 atom stereocenters. The van der Waals surface area contributed by atoms with Crippen LogP contribution in [0.5, 0.6) is 0 Å². The highest BCUT2D eigenvalue weighted by atomic mass is 79.9.